The highest BCUT2D eigenvalue weighted by atomic mass is 16.5. The number of anilines is 6. The van der Waals surface area contributed by atoms with E-state index < -0.39 is 0 Å². The van der Waals surface area contributed by atoms with Crippen LogP contribution in [0, 0.1) is 0 Å². The molecule has 0 spiro atoms. The predicted octanol–water partition coefficient (Wildman–Crippen LogP) is 10.0. The second-order valence-electron chi connectivity index (χ2n) is 16.2. The summed E-state index contributed by atoms with van der Waals surface area (Å²) in [6, 6.07) is 18.3. The Balaban J connectivity index is 0.000000151. The van der Waals surface area contributed by atoms with Gasteiger partial charge >= 0.3 is 6.09 Å². The summed E-state index contributed by atoms with van der Waals surface area (Å²) in [6.45, 7) is 14.0. The third-order valence-corrected chi connectivity index (χ3v) is 12.0. The normalized spacial score (nSPS) is 15.1. The fourth-order valence-electron chi connectivity index (χ4n) is 8.62. The second kappa shape index (κ2) is 23.0. The molecule has 0 saturated carbocycles. The van der Waals surface area contributed by atoms with Crippen molar-refractivity contribution >= 4 is 87.0 Å². The number of methoxy groups -OCH3 is 1. The smallest absolute Gasteiger partial charge is 0.413 e. The Morgan fingerprint density at radius 2 is 0.926 bits per heavy atom. The number of ether oxygens (including phenoxy) is 1. The summed E-state index contributed by atoms with van der Waals surface area (Å²) in [5.74, 6) is 0.209. The average molecular weight is 919 g/mol. The maximum absolute atomic E-state index is 12.1. The van der Waals surface area contributed by atoms with Gasteiger partial charge in [-0.1, -0.05) is 6.92 Å². The summed E-state index contributed by atoms with van der Waals surface area (Å²) in [4.78, 5) is 62.5. The molecule has 0 unspecified atom stereocenters. The van der Waals surface area contributed by atoms with Crippen LogP contribution in [0.5, 0.6) is 0 Å². The Morgan fingerprint density at radius 3 is 1.24 bits per heavy atom. The SMILES string of the molecule is CCC(=O)N(CC)c1ccc2c(c1)/C(=C/c1cnc[nH]1)CCN2.CCN(C(=O)OC)c1ccc2c(c1)/C(=C/c1cnc[nH]1)CCN2.CCN(C(C)=O)c1ccc2c(c1)/C(=C/c1cnc[nH]1)CCN2. The molecule has 3 aromatic carbocycles. The van der Waals surface area contributed by atoms with E-state index in [0.29, 0.717) is 26.1 Å². The van der Waals surface area contributed by atoms with Gasteiger partial charge in [0.1, 0.15) is 0 Å². The molecule has 16 nitrogen and oxygen atoms in total. The highest BCUT2D eigenvalue weighted by Crippen LogP contribution is 2.38. The van der Waals surface area contributed by atoms with E-state index in [1.54, 1.807) is 41.9 Å². The van der Waals surface area contributed by atoms with Crippen molar-refractivity contribution in [3.05, 3.63) is 126 Å². The van der Waals surface area contributed by atoms with Gasteiger partial charge < -0.3 is 45.4 Å². The maximum Gasteiger partial charge on any atom is 0.413 e. The van der Waals surface area contributed by atoms with Gasteiger partial charge in [-0.05, 0) is 130 Å². The van der Waals surface area contributed by atoms with Gasteiger partial charge in [-0.3, -0.25) is 14.5 Å². The van der Waals surface area contributed by atoms with Gasteiger partial charge in [-0.15, -0.1) is 0 Å². The van der Waals surface area contributed by atoms with Gasteiger partial charge in [-0.25, -0.2) is 19.7 Å². The van der Waals surface area contributed by atoms with Crippen LogP contribution in [0.15, 0.2) is 92.2 Å². The van der Waals surface area contributed by atoms with E-state index in [1.165, 1.54) is 23.8 Å². The minimum atomic E-state index is -0.352. The van der Waals surface area contributed by atoms with E-state index >= 15 is 0 Å². The molecule has 3 aliphatic heterocycles. The molecule has 6 aromatic rings. The van der Waals surface area contributed by atoms with Gasteiger partial charge in [0.15, 0.2) is 0 Å². The molecule has 9 rings (SSSR count). The number of carbonyl (C=O) groups excluding carboxylic acids is 3. The van der Waals surface area contributed by atoms with Gasteiger partial charge in [0, 0.05) is 103 Å². The molecule has 6 heterocycles. The molecule has 0 bridgehead atoms. The molecule has 0 atom stereocenters. The van der Waals surface area contributed by atoms with Crippen LogP contribution in [0.25, 0.3) is 34.9 Å². The number of hydrogen-bond donors (Lipinski definition) is 6. The van der Waals surface area contributed by atoms with Crippen LogP contribution >= 0.6 is 0 Å². The number of carbonyl (C=O) groups is 3. The van der Waals surface area contributed by atoms with E-state index in [9.17, 15) is 14.4 Å². The molecule has 3 aromatic heterocycles. The van der Waals surface area contributed by atoms with Gasteiger partial charge in [0.05, 0.1) is 61.8 Å². The minimum absolute atomic E-state index is 0.0605. The van der Waals surface area contributed by atoms with Crippen LogP contribution in [0.2, 0.25) is 0 Å². The number of H-pyrrole nitrogens is 3. The van der Waals surface area contributed by atoms with Crippen LogP contribution in [-0.4, -0.2) is 94.2 Å². The number of aromatic nitrogens is 6. The lowest BCUT2D eigenvalue weighted by Crippen LogP contribution is -2.30. The zero-order valence-electron chi connectivity index (χ0n) is 39.8. The number of rotatable bonds is 10. The number of benzene rings is 3. The van der Waals surface area contributed by atoms with E-state index in [2.05, 4.69) is 88.3 Å². The van der Waals surface area contributed by atoms with Crippen LogP contribution in [0.4, 0.5) is 38.9 Å². The molecule has 6 N–H and O–H groups in total. The Kier molecular flexibility index (Phi) is 16.3. The fraction of sp³-hybridized carbons (Fsp3) is 0.308. The molecule has 0 aliphatic carbocycles. The zero-order valence-corrected chi connectivity index (χ0v) is 39.8. The molecule has 0 fully saturated rings. The maximum atomic E-state index is 12.1. The quantitative estimate of drug-likeness (QED) is 0.0771. The van der Waals surface area contributed by atoms with Gasteiger partial charge in [-0.2, -0.15) is 0 Å². The monoisotopic (exact) mass is 919 g/mol. The predicted molar refractivity (Wildman–Crippen MR) is 275 cm³/mol. The minimum Gasteiger partial charge on any atom is -0.452 e. The van der Waals surface area contributed by atoms with Crippen LogP contribution < -0.4 is 30.7 Å². The van der Waals surface area contributed by atoms with Gasteiger partial charge in [0.2, 0.25) is 11.8 Å². The van der Waals surface area contributed by atoms with Crippen molar-refractivity contribution in [1.29, 1.82) is 0 Å². The number of imidazole rings is 3. The Morgan fingerprint density at radius 1 is 0.559 bits per heavy atom. The van der Waals surface area contributed by atoms with Crippen LogP contribution in [0.3, 0.4) is 0 Å². The second-order valence-corrected chi connectivity index (χ2v) is 16.2. The first-order valence-corrected chi connectivity index (χ1v) is 23.3. The number of nitrogens with one attached hydrogen (secondary N) is 6. The molecule has 3 aliphatic rings. The Hall–Kier alpha value is -7.88. The lowest BCUT2D eigenvalue weighted by Gasteiger charge is -2.25. The third kappa shape index (κ3) is 11.6. The van der Waals surface area contributed by atoms with Crippen molar-refractivity contribution in [1.82, 2.24) is 29.9 Å². The summed E-state index contributed by atoms with van der Waals surface area (Å²) < 4.78 is 4.86. The molecular weight excluding hydrogens is 857 g/mol. The molecule has 68 heavy (non-hydrogen) atoms. The molecule has 354 valence electrons. The van der Waals surface area contributed by atoms with Crippen molar-refractivity contribution in [2.75, 3.05) is 77.0 Å². The number of amides is 3. The molecule has 16 heteroatoms. The largest absolute Gasteiger partial charge is 0.452 e. The number of hydrogen-bond acceptors (Lipinski definition) is 10. The lowest BCUT2D eigenvalue weighted by molar-refractivity contribution is -0.118. The standard InChI is InChI=1S/C18H22N4O.C17H20N4O2.C17H20N4O/c1-3-18(23)22(4-2)15-5-6-17-16(10-15)13(7-8-20-17)9-14-11-19-12-21-14;1-3-21(17(22)23-2)14-4-5-16-15(9-14)12(6-7-19-16)8-13-10-18-11-20-13;1-3-21(12(2)22)15-4-5-17-16(9-15)13(6-7-19-17)8-14-10-18-11-20-14/h5-6,9-12,20H,3-4,7-8H2,1-2H3,(H,19,21);4-5,8-11,19H,3,6-7H2,1-2H3,(H,18,20);4-5,8-11,19H,3,6-7H2,1-2H3,(H,18,20)/b13-9+;12-8+;13-8+. The first-order chi connectivity index (χ1) is 33.1. The van der Waals surface area contributed by atoms with Gasteiger partial charge in [0.25, 0.3) is 0 Å². The van der Waals surface area contributed by atoms with Crippen molar-refractivity contribution in [2.24, 2.45) is 0 Å². The van der Waals surface area contributed by atoms with Crippen LogP contribution in [0.1, 0.15) is 94.1 Å². The summed E-state index contributed by atoms with van der Waals surface area (Å²) in [7, 11) is 1.40. The topological polar surface area (TPSA) is 192 Å². The molecule has 0 saturated heterocycles. The first-order valence-electron chi connectivity index (χ1n) is 23.3. The molecule has 3 amide bonds. The van der Waals surface area contributed by atoms with E-state index in [0.717, 1.165) is 107 Å². The highest BCUT2D eigenvalue weighted by Gasteiger charge is 2.22. The van der Waals surface area contributed by atoms with Crippen molar-refractivity contribution < 1.29 is 19.1 Å². The Labute approximate surface area is 398 Å². The molecular formula is C52H62N12O4. The Bertz CT molecular complexity index is 2610. The number of fused-ring (bicyclic) bond motifs is 3. The summed E-state index contributed by atoms with van der Waals surface area (Å²) in [5.41, 5.74) is 16.1. The van der Waals surface area contributed by atoms with Crippen molar-refractivity contribution in [2.45, 2.75) is 60.3 Å². The summed E-state index contributed by atoms with van der Waals surface area (Å²) in [5, 5.41) is 10.2. The molecule has 0 radical (unpaired) electrons. The zero-order chi connectivity index (χ0) is 48.0. The number of nitrogens with zero attached hydrogens (tertiary/aromatic N) is 6. The third-order valence-electron chi connectivity index (χ3n) is 12.0. The highest BCUT2D eigenvalue weighted by molar-refractivity contribution is 5.97. The summed E-state index contributed by atoms with van der Waals surface area (Å²) >= 11 is 0. The van der Waals surface area contributed by atoms with E-state index in [4.69, 9.17) is 4.74 Å². The first kappa shape index (κ1) is 48.1. The summed E-state index contributed by atoms with van der Waals surface area (Å²) in [6.07, 6.45) is 19.8. The van der Waals surface area contributed by atoms with Crippen LogP contribution in [-0.2, 0) is 14.3 Å². The lowest BCUT2D eigenvalue weighted by atomic mass is 9.95. The van der Waals surface area contributed by atoms with E-state index in [-0.39, 0.29) is 17.9 Å². The van der Waals surface area contributed by atoms with Crippen molar-refractivity contribution in [3.63, 3.8) is 0 Å². The average Bonchev–Trinajstić information content (AvgIpc) is 4.19. The number of aromatic amines is 3. The van der Waals surface area contributed by atoms with Crippen molar-refractivity contribution in [3.8, 4) is 0 Å². The fourth-order valence-corrected chi connectivity index (χ4v) is 8.62. The van der Waals surface area contributed by atoms with E-state index in [1.807, 2.05) is 75.3 Å².